The molecule has 0 saturated heterocycles. The normalized spacial score (nSPS) is 11.6. The number of hydrogen-bond acceptors (Lipinski definition) is 4. The molecule has 0 fully saturated rings. The fourth-order valence-electron chi connectivity index (χ4n) is 1.81. The summed E-state index contributed by atoms with van der Waals surface area (Å²) >= 11 is 0. The maximum atomic E-state index is 11.4. The summed E-state index contributed by atoms with van der Waals surface area (Å²) in [6, 6.07) is 10.2. The van der Waals surface area contributed by atoms with Crippen molar-refractivity contribution in [1.29, 1.82) is 0 Å². The van der Waals surface area contributed by atoms with Crippen molar-refractivity contribution in [3.63, 3.8) is 0 Å². The van der Waals surface area contributed by atoms with Crippen LogP contribution >= 0.6 is 0 Å². The van der Waals surface area contributed by atoms with E-state index in [9.17, 15) is 4.79 Å². The minimum atomic E-state index is -0.231. The minimum Gasteiger partial charge on any atom is -0.409 e. The summed E-state index contributed by atoms with van der Waals surface area (Å²) in [6.07, 6.45) is 0.779. The van der Waals surface area contributed by atoms with Crippen molar-refractivity contribution in [2.24, 2.45) is 10.9 Å². The number of nitrogens with two attached hydrogens (primary N) is 1. The molecule has 0 aliphatic heterocycles. The van der Waals surface area contributed by atoms with Crippen LogP contribution in [0.3, 0.4) is 0 Å². The summed E-state index contributed by atoms with van der Waals surface area (Å²) in [7, 11) is 2.05. The average molecular weight is 278 g/mol. The Labute approximate surface area is 119 Å². The number of carbonyl (C=O) groups is 1. The second-order valence-electron chi connectivity index (χ2n) is 4.70. The number of nitrogens with zero attached hydrogens (tertiary/aromatic N) is 2. The molecule has 6 nitrogen and oxygen atoms in total. The predicted octanol–water partition coefficient (Wildman–Crippen LogP) is 0.761. The van der Waals surface area contributed by atoms with Gasteiger partial charge < -0.3 is 21.2 Å². The molecule has 4 N–H and O–H groups in total. The second-order valence-corrected chi connectivity index (χ2v) is 4.70. The van der Waals surface area contributed by atoms with Crippen LogP contribution in [0.15, 0.2) is 35.5 Å². The lowest BCUT2D eigenvalue weighted by Crippen LogP contribution is -2.31. The first kappa shape index (κ1) is 16.0. The van der Waals surface area contributed by atoms with Crippen molar-refractivity contribution in [2.75, 3.05) is 20.1 Å². The molecule has 20 heavy (non-hydrogen) atoms. The van der Waals surface area contributed by atoms with Gasteiger partial charge >= 0.3 is 0 Å². The number of benzene rings is 1. The van der Waals surface area contributed by atoms with Gasteiger partial charge in [0.05, 0.1) is 6.42 Å². The van der Waals surface area contributed by atoms with E-state index in [-0.39, 0.29) is 18.2 Å². The first-order valence-electron chi connectivity index (χ1n) is 6.57. The Kier molecular flexibility index (Phi) is 7.13. The van der Waals surface area contributed by atoms with Gasteiger partial charge in [-0.15, -0.1) is 0 Å². The zero-order valence-corrected chi connectivity index (χ0v) is 11.7. The van der Waals surface area contributed by atoms with Crippen molar-refractivity contribution < 1.29 is 10.0 Å². The molecule has 0 bridgehead atoms. The van der Waals surface area contributed by atoms with Gasteiger partial charge in [-0.2, -0.15) is 0 Å². The highest BCUT2D eigenvalue weighted by Crippen LogP contribution is 2.02. The highest BCUT2D eigenvalue weighted by atomic mass is 16.4. The standard InChI is InChI=1S/C14H22N4O2/c1-18(11-12-6-3-2-4-7-12)9-5-8-16-14(19)10-13(15)17-20/h2-4,6-7,20H,5,8-11H2,1H3,(H2,15,17)(H,16,19). The van der Waals surface area contributed by atoms with Crippen molar-refractivity contribution in [3.8, 4) is 0 Å². The summed E-state index contributed by atoms with van der Waals surface area (Å²) in [5.74, 6) is -0.310. The first-order chi connectivity index (χ1) is 9.61. The Morgan fingerprint density at radius 3 is 2.75 bits per heavy atom. The number of oxime groups is 1. The van der Waals surface area contributed by atoms with Gasteiger partial charge in [-0.05, 0) is 25.6 Å². The number of rotatable bonds is 8. The van der Waals surface area contributed by atoms with Crippen LogP contribution in [0.25, 0.3) is 0 Å². The molecule has 0 saturated carbocycles. The van der Waals surface area contributed by atoms with E-state index in [1.165, 1.54) is 5.56 Å². The van der Waals surface area contributed by atoms with E-state index in [0.717, 1.165) is 19.5 Å². The molecule has 1 aromatic carbocycles. The molecular formula is C14H22N4O2. The molecule has 0 radical (unpaired) electrons. The summed E-state index contributed by atoms with van der Waals surface area (Å²) in [6.45, 7) is 2.36. The van der Waals surface area contributed by atoms with Gasteiger partial charge in [-0.25, -0.2) is 0 Å². The maximum Gasteiger partial charge on any atom is 0.227 e. The van der Waals surface area contributed by atoms with E-state index in [1.807, 2.05) is 25.2 Å². The molecule has 1 rings (SSSR count). The van der Waals surface area contributed by atoms with E-state index in [2.05, 4.69) is 27.5 Å². The first-order valence-corrected chi connectivity index (χ1v) is 6.57. The third-order valence-corrected chi connectivity index (χ3v) is 2.80. The minimum absolute atomic E-state index is 0.0731. The van der Waals surface area contributed by atoms with E-state index >= 15 is 0 Å². The molecule has 6 heteroatoms. The number of nitrogens with one attached hydrogen (secondary N) is 1. The zero-order valence-electron chi connectivity index (χ0n) is 11.7. The van der Waals surface area contributed by atoms with Gasteiger partial charge in [0.1, 0.15) is 5.84 Å². The molecule has 0 heterocycles. The van der Waals surface area contributed by atoms with Crippen LogP contribution in [-0.4, -0.2) is 42.0 Å². The Hall–Kier alpha value is -2.08. The van der Waals surface area contributed by atoms with E-state index in [1.54, 1.807) is 0 Å². The van der Waals surface area contributed by atoms with Crippen LogP contribution in [0.1, 0.15) is 18.4 Å². The average Bonchev–Trinajstić information content (AvgIpc) is 2.44. The van der Waals surface area contributed by atoms with Crippen molar-refractivity contribution in [3.05, 3.63) is 35.9 Å². The van der Waals surface area contributed by atoms with Gasteiger partial charge in [0.25, 0.3) is 0 Å². The Bertz CT molecular complexity index is 434. The fraction of sp³-hybridized carbons (Fsp3) is 0.429. The summed E-state index contributed by atoms with van der Waals surface area (Å²) < 4.78 is 0. The highest BCUT2D eigenvalue weighted by molar-refractivity contribution is 5.98. The van der Waals surface area contributed by atoms with E-state index < -0.39 is 0 Å². The smallest absolute Gasteiger partial charge is 0.227 e. The van der Waals surface area contributed by atoms with E-state index in [4.69, 9.17) is 10.9 Å². The molecule has 0 unspecified atom stereocenters. The van der Waals surface area contributed by atoms with Crippen LogP contribution in [-0.2, 0) is 11.3 Å². The summed E-state index contributed by atoms with van der Waals surface area (Å²) in [5.41, 5.74) is 6.51. The van der Waals surface area contributed by atoms with Crippen molar-refractivity contribution in [1.82, 2.24) is 10.2 Å². The van der Waals surface area contributed by atoms with Crippen LogP contribution in [0.2, 0.25) is 0 Å². The van der Waals surface area contributed by atoms with Crippen LogP contribution in [0.4, 0.5) is 0 Å². The number of amides is 1. The molecule has 110 valence electrons. The lowest BCUT2D eigenvalue weighted by atomic mass is 10.2. The maximum absolute atomic E-state index is 11.4. The molecule has 0 atom stereocenters. The predicted molar refractivity (Wildman–Crippen MR) is 78.4 cm³/mol. The lowest BCUT2D eigenvalue weighted by Gasteiger charge is -2.16. The third-order valence-electron chi connectivity index (χ3n) is 2.80. The lowest BCUT2D eigenvalue weighted by molar-refractivity contribution is -0.119. The van der Waals surface area contributed by atoms with Crippen LogP contribution in [0.5, 0.6) is 0 Å². The molecule has 1 amide bonds. The van der Waals surface area contributed by atoms with Gasteiger partial charge in [-0.1, -0.05) is 35.5 Å². The quantitative estimate of drug-likeness (QED) is 0.215. The molecule has 0 aliphatic rings. The van der Waals surface area contributed by atoms with Gasteiger partial charge in [0.2, 0.25) is 5.91 Å². The molecule has 0 aromatic heterocycles. The molecule has 0 spiro atoms. The van der Waals surface area contributed by atoms with Crippen molar-refractivity contribution >= 4 is 11.7 Å². The number of hydrogen-bond donors (Lipinski definition) is 3. The largest absolute Gasteiger partial charge is 0.409 e. The topological polar surface area (TPSA) is 91.0 Å². The zero-order chi connectivity index (χ0) is 14.8. The fourth-order valence-corrected chi connectivity index (χ4v) is 1.81. The van der Waals surface area contributed by atoms with Gasteiger partial charge in [0.15, 0.2) is 0 Å². The van der Waals surface area contributed by atoms with Gasteiger partial charge in [0, 0.05) is 13.1 Å². The SMILES string of the molecule is CN(CCCNC(=O)C/C(N)=N/O)Cc1ccccc1. The molecule has 0 aliphatic carbocycles. The van der Waals surface area contributed by atoms with Crippen LogP contribution < -0.4 is 11.1 Å². The summed E-state index contributed by atoms with van der Waals surface area (Å²) in [5, 5.41) is 13.8. The Morgan fingerprint density at radius 1 is 1.40 bits per heavy atom. The third kappa shape index (κ3) is 6.75. The Morgan fingerprint density at radius 2 is 2.10 bits per heavy atom. The van der Waals surface area contributed by atoms with Crippen molar-refractivity contribution in [2.45, 2.75) is 19.4 Å². The summed E-state index contributed by atoms with van der Waals surface area (Å²) in [4.78, 5) is 13.6. The Balaban J connectivity index is 2.13. The molecule has 1 aromatic rings. The number of carbonyl (C=O) groups excluding carboxylic acids is 1. The highest BCUT2D eigenvalue weighted by Gasteiger charge is 2.04. The van der Waals surface area contributed by atoms with Gasteiger partial charge in [-0.3, -0.25) is 4.79 Å². The number of amidine groups is 1. The second kappa shape index (κ2) is 8.92. The van der Waals surface area contributed by atoms with Crippen LogP contribution in [0, 0.1) is 0 Å². The molecular weight excluding hydrogens is 256 g/mol. The monoisotopic (exact) mass is 278 g/mol. The van der Waals surface area contributed by atoms with E-state index in [0.29, 0.717) is 6.54 Å².